The van der Waals surface area contributed by atoms with Crippen molar-refractivity contribution in [2.45, 2.75) is 23.3 Å². The van der Waals surface area contributed by atoms with E-state index >= 15 is 0 Å². The molecule has 2 rings (SSSR count). The van der Waals surface area contributed by atoms with Crippen LogP contribution in [0.5, 0.6) is 0 Å². The Morgan fingerprint density at radius 2 is 1.96 bits per heavy atom. The van der Waals surface area contributed by atoms with Gasteiger partial charge in [-0.2, -0.15) is 0 Å². The Balaban J connectivity index is 2.39. The fraction of sp³-hybridized carbons (Fsp3) is 0.250. The summed E-state index contributed by atoms with van der Waals surface area (Å²) in [7, 11) is -3.69. The van der Waals surface area contributed by atoms with Crippen LogP contribution in [-0.4, -0.2) is 25.9 Å². The van der Waals surface area contributed by atoms with Crippen LogP contribution in [0.3, 0.4) is 0 Å². The van der Waals surface area contributed by atoms with Crippen LogP contribution < -0.4 is 5.32 Å². The Morgan fingerprint density at radius 1 is 1.25 bits per heavy atom. The smallest absolute Gasteiger partial charge is 0.310 e. The number of thioether (sulfide) groups is 1. The van der Waals surface area contributed by atoms with E-state index in [0.717, 1.165) is 22.3 Å². The van der Waals surface area contributed by atoms with Crippen LogP contribution in [0, 0.1) is 17.0 Å². The van der Waals surface area contributed by atoms with Gasteiger partial charge in [0.25, 0.3) is 0 Å². The Bertz CT molecular complexity index is 880. The number of anilines is 1. The first-order valence-corrected chi connectivity index (χ1v) is 10.2. The van der Waals surface area contributed by atoms with Gasteiger partial charge >= 0.3 is 5.69 Å². The minimum atomic E-state index is -3.69. The van der Waals surface area contributed by atoms with Crippen LogP contribution in [0.4, 0.5) is 11.4 Å². The molecule has 0 heterocycles. The Hall–Kier alpha value is -2.06. The summed E-state index contributed by atoms with van der Waals surface area (Å²) in [6.45, 7) is 2.36. The van der Waals surface area contributed by atoms with Crippen LogP contribution in [0.15, 0.2) is 46.2 Å². The molecule has 2 aromatic carbocycles. The van der Waals surface area contributed by atoms with Crippen molar-refractivity contribution >= 4 is 33.0 Å². The maximum atomic E-state index is 11.8. The maximum Gasteiger partial charge on any atom is 0.310 e. The third-order valence-corrected chi connectivity index (χ3v) is 5.44. The third-order valence-electron chi connectivity index (χ3n) is 3.49. The van der Waals surface area contributed by atoms with Crippen molar-refractivity contribution in [3.63, 3.8) is 0 Å². The number of aryl methyl sites for hydroxylation is 1. The summed E-state index contributed by atoms with van der Waals surface area (Å²) in [5, 5.41) is 14.4. The fourth-order valence-corrected chi connectivity index (χ4v) is 3.91. The maximum absolute atomic E-state index is 11.8. The number of sulfone groups is 1. The number of benzene rings is 2. The molecule has 0 aliphatic carbocycles. The van der Waals surface area contributed by atoms with Gasteiger partial charge in [0.15, 0.2) is 9.84 Å². The van der Waals surface area contributed by atoms with Crippen LogP contribution in [0.2, 0.25) is 0 Å². The van der Waals surface area contributed by atoms with Crippen molar-refractivity contribution in [2.24, 2.45) is 0 Å². The molecule has 0 saturated carbocycles. The van der Waals surface area contributed by atoms with Crippen molar-refractivity contribution in [3.8, 4) is 0 Å². The van der Waals surface area contributed by atoms with Crippen LogP contribution >= 0.6 is 11.8 Å². The molecule has 0 bridgehead atoms. The highest BCUT2D eigenvalue weighted by atomic mass is 32.2. The molecule has 0 aliphatic rings. The van der Waals surface area contributed by atoms with E-state index in [-0.39, 0.29) is 10.6 Å². The van der Waals surface area contributed by atoms with E-state index in [0.29, 0.717) is 6.54 Å². The molecule has 8 heteroatoms. The van der Waals surface area contributed by atoms with E-state index in [1.54, 1.807) is 11.8 Å². The largest absolute Gasteiger partial charge is 0.375 e. The quantitative estimate of drug-likeness (QED) is 0.477. The molecule has 0 aromatic heterocycles. The summed E-state index contributed by atoms with van der Waals surface area (Å²) in [6.07, 6.45) is 2.93. The molecule has 128 valence electrons. The molecule has 6 nitrogen and oxygen atoms in total. The van der Waals surface area contributed by atoms with Crippen molar-refractivity contribution < 1.29 is 13.3 Å². The number of para-hydroxylation sites is 1. The molecule has 0 radical (unpaired) electrons. The summed E-state index contributed by atoms with van der Waals surface area (Å²) in [5.41, 5.74) is 1.90. The van der Waals surface area contributed by atoms with Gasteiger partial charge in [0, 0.05) is 17.7 Å². The summed E-state index contributed by atoms with van der Waals surface area (Å²) in [4.78, 5) is 11.5. The predicted molar refractivity (Wildman–Crippen MR) is 96.5 cm³/mol. The molecule has 0 amide bonds. The zero-order valence-electron chi connectivity index (χ0n) is 13.6. The molecule has 24 heavy (non-hydrogen) atoms. The summed E-state index contributed by atoms with van der Waals surface area (Å²) >= 11 is 1.59. The standard InChI is InChI=1S/C16H18N2O4S2/c1-11-7-8-12(14(9-11)23-2)10-17-13-5-4-6-15(24(3,21)22)16(13)18(19)20/h4-9,17H,10H2,1-3H3. The second-order valence-corrected chi connectivity index (χ2v) is 8.18. The van der Waals surface area contributed by atoms with Gasteiger partial charge in [0.2, 0.25) is 0 Å². The van der Waals surface area contributed by atoms with Gasteiger partial charge in [-0.05, 0) is 42.5 Å². The van der Waals surface area contributed by atoms with Crippen molar-refractivity contribution in [3.05, 3.63) is 57.6 Å². The third kappa shape index (κ3) is 4.07. The lowest BCUT2D eigenvalue weighted by molar-refractivity contribution is -0.386. The molecular weight excluding hydrogens is 348 g/mol. The summed E-state index contributed by atoms with van der Waals surface area (Å²) in [6, 6.07) is 10.2. The van der Waals surface area contributed by atoms with E-state index in [4.69, 9.17) is 0 Å². The molecular formula is C16H18N2O4S2. The highest BCUT2D eigenvalue weighted by molar-refractivity contribution is 7.98. The molecule has 0 aliphatic heterocycles. The van der Waals surface area contributed by atoms with Crippen molar-refractivity contribution in [1.29, 1.82) is 0 Å². The van der Waals surface area contributed by atoms with E-state index in [1.807, 2.05) is 31.4 Å². The van der Waals surface area contributed by atoms with Gasteiger partial charge in [0.1, 0.15) is 10.6 Å². The topological polar surface area (TPSA) is 89.3 Å². The van der Waals surface area contributed by atoms with E-state index in [9.17, 15) is 18.5 Å². The number of nitrogens with zero attached hydrogens (tertiary/aromatic N) is 1. The number of nitro benzene ring substituents is 1. The lowest BCUT2D eigenvalue weighted by atomic mass is 10.1. The van der Waals surface area contributed by atoms with E-state index < -0.39 is 20.4 Å². The Kier molecular flexibility index (Phi) is 5.51. The highest BCUT2D eigenvalue weighted by Crippen LogP contribution is 2.32. The number of rotatable bonds is 6. The SMILES string of the molecule is CSc1cc(C)ccc1CNc1cccc(S(C)(=O)=O)c1[N+](=O)[O-]. The van der Waals surface area contributed by atoms with Crippen LogP contribution in [0.1, 0.15) is 11.1 Å². The Morgan fingerprint density at radius 3 is 2.54 bits per heavy atom. The highest BCUT2D eigenvalue weighted by Gasteiger charge is 2.26. The normalized spacial score (nSPS) is 11.3. The molecule has 0 spiro atoms. The lowest BCUT2D eigenvalue weighted by Gasteiger charge is -2.12. The van der Waals surface area contributed by atoms with Crippen molar-refractivity contribution in [2.75, 3.05) is 17.8 Å². The van der Waals surface area contributed by atoms with Crippen LogP contribution in [-0.2, 0) is 16.4 Å². The zero-order valence-corrected chi connectivity index (χ0v) is 15.2. The second-order valence-electron chi connectivity index (χ2n) is 5.35. The summed E-state index contributed by atoms with van der Waals surface area (Å²) < 4.78 is 23.6. The average molecular weight is 366 g/mol. The van der Waals surface area contributed by atoms with Gasteiger partial charge < -0.3 is 5.32 Å². The average Bonchev–Trinajstić information content (AvgIpc) is 2.52. The van der Waals surface area contributed by atoms with Gasteiger partial charge in [0.05, 0.1) is 4.92 Å². The number of nitro groups is 1. The minimum absolute atomic E-state index is 0.190. The molecule has 0 fully saturated rings. The fourth-order valence-electron chi connectivity index (χ4n) is 2.34. The first-order chi connectivity index (χ1) is 11.2. The van der Waals surface area contributed by atoms with Gasteiger partial charge in [-0.25, -0.2) is 8.42 Å². The predicted octanol–water partition coefficient (Wildman–Crippen LogP) is 3.64. The van der Waals surface area contributed by atoms with E-state index in [2.05, 4.69) is 5.32 Å². The Labute approximate surface area is 145 Å². The van der Waals surface area contributed by atoms with Crippen molar-refractivity contribution in [1.82, 2.24) is 0 Å². The first-order valence-electron chi connectivity index (χ1n) is 7.09. The lowest BCUT2D eigenvalue weighted by Crippen LogP contribution is -2.08. The van der Waals surface area contributed by atoms with E-state index in [1.165, 1.54) is 18.2 Å². The number of nitrogens with one attached hydrogen (secondary N) is 1. The number of hydrogen-bond donors (Lipinski definition) is 1. The summed E-state index contributed by atoms with van der Waals surface area (Å²) in [5.74, 6) is 0. The molecule has 0 saturated heterocycles. The monoisotopic (exact) mass is 366 g/mol. The molecule has 0 unspecified atom stereocenters. The van der Waals surface area contributed by atoms with Gasteiger partial charge in [-0.3, -0.25) is 10.1 Å². The molecule has 0 atom stereocenters. The minimum Gasteiger partial charge on any atom is -0.375 e. The zero-order chi connectivity index (χ0) is 17.9. The second kappa shape index (κ2) is 7.23. The van der Waals surface area contributed by atoms with Gasteiger partial charge in [-0.15, -0.1) is 11.8 Å². The van der Waals surface area contributed by atoms with Crippen LogP contribution in [0.25, 0.3) is 0 Å². The molecule has 2 aromatic rings. The van der Waals surface area contributed by atoms with Gasteiger partial charge in [-0.1, -0.05) is 18.2 Å². The number of hydrogen-bond acceptors (Lipinski definition) is 6. The molecule has 1 N–H and O–H groups in total. The first kappa shape index (κ1) is 18.3.